The maximum atomic E-state index is 11.9. The van der Waals surface area contributed by atoms with Crippen LogP contribution in [0.25, 0.3) is 0 Å². The number of methoxy groups -OCH3 is 2. The molecule has 2 N–H and O–H groups in total. The van der Waals surface area contributed by atoms with E-state index in [4.69, 9.17) is 9.47 Å². The van der Waals surface area contributed by atoms with E-state index in [0.29, 0.717) is 29.9 Å². The van der Waals surface area contributed by atoms with Gasteiger partial charge in [-0.25, -0.2) is 0 Å². The summed E-state index contributed by atoms with van der Waals surface area (Å²) in [5.41, 5.74) is 0. The number of thioether (sulfide) groups is 1. The minimum atomic E-state index is -0.503. The number of rotatable bonds is 6. The average molecular weight is 382 g/mol. The number of aliphatic hydroxyl groups excluding tert-OH is 1. The highest BCUT2D eigenvalue weighted by molar-refractivity contribution is 7.99. The van der Waals surface area contributed by atoms with Gasteiger partial charge in [-0.2, -0.15) is 21.7 Å². The van der Waals surface area contributed by atoms with Crippen LogP contribution in [0.4, 0.5) is 5.82 Å². The third-order valence-corrected chi connectivity index (χ3v) is 5.70. The molecule has 1 amide bonds. The first-order chi connectivity index (χ1) is 12.5. The summed E-state index contributed by atoms with van der Waals surface area (Å²) >= 11 is 1.48. The van der Waals surface area contributed by atoms with Gasteiger partial charge in [-0.3, -0.25) is 4.79 Å². The average Bonchev–Trinajstić information content (AvgIpc) is 3.04. The molecule has 1 aliphatic carbocycles. The topological polar surface area (TPSA) is 96.8 Å². The Morgan fingerprint density at radius 2 is 2.04 bits per heavy atom. The molecule has 1 aromatic rings. The molecule has 2 heterocycles. The van der Waals surface area contributed by atoms with Crippen LogP contribution < -0.4 is 19.7 Å². The van der Waals surface area contributed by atoms with Gasteiger partial charge in [0.25, 0.3) is 0 Å². The minimum Gasteiger partial charge on any atom is -0.481 e. The van der Waals surface area contributed by atoms with E-state index in [-0.39, 0.29) is 18.0 Å². The molecule has 9 heteroatoms. The van der Waals surface area contributed by atoms with Crippen molar-refractivity contribution in [1.82, 2.24) is 15.3 Å². The fourth-order valence-corrected chi connectivity index (χ4v) is 4.25. The molecule has 4 atom stereocenters. The van der Waals surface area contributed by atoms with Gasteiger partial charge in [0.05, 0.1) is 32.1 Å². The second-order valence-electron chi connectivity index (χ2n) is 6.83. The summed E-state index contributed by atoms with van der Waals surface area (Å²) in [6.45, 7) is 1.64. The standard InChI is InChI=1S/C17H26N4O4S/c1-24-16-6-14(19-17(20-16)25-2)21-7-10-4-12(18-15(23)9-26-3)13(22)5-11(10)8-21/h6,10-13,22H,4-5,7-9H2,1-3H3,(H,18,23)/t10-,11+,12-,13-/m0/s1. The van der Waals surface area contributed by atoms with Crippen molar-refractivity contribution >= 4 is 23.5 Å². The van der Waals surface area contributed by atoms with Crippen LogP contribution in [0.2, 0.25) is 0 Å². The first-order valence-electron chi connectivity index (χ1n) is 8.72. The first-order valence-corrected chi connectivity index (χ1v) is 10.1. The maximum Gasteiger partial charge on any atom is 0.321 e. The van der Waals surface area contributed by atoms with Gasteiger partial charge in [0.1, 0.15) is 5.82 Å². The van der Waals surface area contributed by atoms with E-state index in [2.05, 4.69) is 20.2 Å². The zero-order valence-corrected chi connectivity index (χ0v) is 16.2. The predicted octanol–water partition coefficient (Wildman–Crippen LogP) is 0.549. The fourth-order valence-electron chi connectivity index (χ4n) is 3.90. The minimum absolute atomic E-state index is 0.0138. The number of hydrogen-bond acceptors (Lipinski definition) is 8. The molecule has 0 radical (unpaired) electrons. The van der Waals surface area contributed by atoms with Crippen LogP contribution in [0.3, 0.4) is 0 Å². The molecular weight excluding hydrogens is 356 g/mol. The van der Waals surface area contributed by atoms with Crippen molar-refractivity contribution < 1.29 is 19.4 Å². The van der Waals surface area contributed by atoms with Gasteiger partial charge in [0.2, 0.25) is 11.8 Å². The second kappa shape index (κ2) is 8.30. The third-order valence-electron chi connectivity index (χ3n) is 5.15. The van der Waals surface area contributed by atoms with E-state index in [1.165, 1.54) is 18.9 Å². The van der Waals surface area contributed by atoms with Crippen LogP contribution in [0, 0.1) is 11.8 Å². The molecule has 0 bridgehead atoms. The van der Waals surface area contributed by atoms with Crippen LogP contribution >= 0.6 is 11.8 Å². The van der Waals surface area contributed by atoms with Crippen LogP contribution in [0.1, 0.15) is 12.8 Å². The summed E-state index contributed by atoms with van der Waals surface area (Å²) in [5, 5.41) is 13.4. The molecule has 3 rings (SSSR count). The predicted molar refractivity (Wildman–Crippen MR) is 99.9 cm³/mol. The third kappa shape index (κ3) is 4.15. The lowest BCUT2D eigenvalue weighted by Gasteiger charge is -2.35. The van der Waals surface area contributed by atoms with Crippen molar-refractivity contribution in [3.05, 3.63) is 6.07 Å². The van der Waals surface area contributed by atoms with Crippen molar-refractivity contribution in [3.8, 4) is 11.9 Å². The Hall–Kier alpha value is -1.74. The summed E-state index contributed by atoms with van der Waals surface area (Å²) in [5.74, 6) is 2.42. The number of carbonyl (C=O) groups excluding carboxylic acids is 1. The van der Waals surface area contributed by atoms with Crippen molar-refractivity contribution in [3.63, 3.8) is 0 Å². The highest BCUT2D eigenvalue weighted by atomic mass is 32.2. The van der Waals surface area contributed by atoms with Crippen LogP contribution in [0.15, 0.2) is 6.07 Å². The molecular formula is C17H26N4O4S. The molecule has 8 nitrogen and oxygen atoms in total. The monoisotopic (exact) mass is 382 g/mol. The van der Waals surface area contributed by atoms with Crippen molar-refractivity contribution in [2.24, 2.45) is 11.8 Å². The van der Waals surface area contributed by atoms with Crippen LogP contribution in [0.5, 0.6) is 11.9 Å². The molecule has 1 aromatic heterocycles. The van der Waals surface area contributed by atoms with E-state index < -0.39 is 6.10 Å². The summed E-state index contributed by atoms with van der Waals surface area (Å²) in [6.07, 6.45) is 2.86. The molecule has 144 valence electrons. The second-order valence-corrected chi connectivity index (χ2v) is 7.69. The molecule has 0 spiro atoms. The van der Waals surface area contributed by atoms with Crippen molar-refractivity contribution in [2.45, 2.75) is 25.0 Å². The molecule has 1 saturated heterocycles. The highest BCUT2D eigenvalue weighted by Gasteiger charge is 2.42. The SMILES string of the molecule is COc1cc(N2C[C@H]3C[C@H](O)[C@@H](NC(=O)CSC)C[C@H]3C2)nc(OC)n1. The zero-order valence-electron chi connectivity index (χ0n) is 15.3. The number of ether oxygens (including phenoxy) is 2. The Labute approximate surface area is 157 Å². The number of anilines is 1. The number of nitrogens with zero attached hydrogens (tertiary/aromatic N) is 3. The summed E-state index contributed by atoms with van der Waals surface area (Å²) in [6, 6.07) is 1.90. The molecule has 1 aliphatic heterocycles. The van der Waals surface area contributed by atoms with Crippen LogP contribution in [-0.2, 0) is 4.79 Å². The number of carbonyl (C=O) groups is 1. The lowest BCUT2D eigenvalue weighted by Crippen LogP contribution is -2.49. The lowest BCUT2D eigenvalue weighted by molar-refractivity contribution is -0.120. The Balaban J connectivity index is 1.69. The molecule has 2 fully saturated rings. The number of hydrogen-bond donors (Lipinski definition) is 2. The van der Waals surface area contributed by atoms with Crippen molar-refractivity contribution in [1.29, 1.82) is 0 Å². The summed E-state index contributed by atoms with van der Waals surface area (Å²) in [7, 11) is 3.09. The molecule has 26 heavy (non-hydrogen) atoms. The van der Waals surface area contributed by atoms with Crippen molar-refractivity contribution in [2.75, 3.05) is 44.2 Å². The van der Waals surface area contributed by atoms with Crippen LogP contribution in [-0.4, -0.2) is 72.4 Å². The molecule has 0 aromatic carbocycles. The van der Waals surface area contributed by atoms with E-state index in [0.717, 1.165) is 25.3 Å². The number of aromatic nitrogens is 2. The van der Waals surface area contributed by atoms with Gasteiger partial charge in [-0.1, -0.05) is 0 Å². The van der Waals surface area contributed by atoms with Gasteiger partial charge >= 0.3 is 6.01 Å². The van der Waals surface area contributed by atoms with E-state index in [1.54, 1.807) is 13.2 Å². The fraction of sp³-hybridized carbons (Fsp3) is 0.706. The van der Waals surface area contributed by atoms with Gasteiger partial charge in [0, 0.05) is 19.2 Å². The zero-order chi connectivity index (χ0) is 18.7. The number of aliphatic hydroxyl groups is 1. The smallest absolute Gasteiger partial charge is 0.321 e. The number of amides is 1. The van der Waals surface area contributed by atoms with Gasteiger partial charge in [-0.15, -0.1) is 0 Å². The molecule has 0 unspecified atom stereocenters. The number of nitrogens with one attached hydrogen (secondary N) is 1. The molecule has 1 saturated carbocycles. The first kappa shape index (κ1) is 19.0. The molecule has 2 aliphatic rings. The maximum absolute atomic E-state index is 11.9. The van der Waals surface area contributed by atoms with Gasteiger partial charge in [0.15, 0.2) is 0 Å². The van der Waals surface area contributed by atoms with E-state index >= 15 is 0 Å². The number of fused-ring (bicyclic) bond motifs is 1. The highest BCUT2D eigenvalue weighted by Crippen LogP contribution is 2.38. The lowest BCUT2D eigenvalue weighted by atomic mass is 9.77. The Morgan fingerprint density at radius 3 is 2.69 bits per heavy atom. The summed E-state index contributed by atoms with van der Waals surface area (Å²) in [4.78, 5) is 22.6. The Kier molecular flexibility index (Phi) is 6.08. The Bertz CT molecular complexity index is 625. The summed E-state index contributed by atoms with van der Waals surface area (Å²) < 4.78 is 10.4. The van der Waals surface area contributed by atoms with Gasteiger partial charge in [-0.05, 0) is 30.9 Å². The van der Waals surface area contributed by atoms with E-state index in [9.17, 15) is 9.90 Å². The largest absolute Gasteiger partial charge is 0.481 e. The normalized spacial score (nSPS) is 27.8. The van der Waals surface area contributed by atoms with E-state index in [1.807, 2.05) is 6.26 Å². The Morgan fingerprint density at radius 1 is 1.31 bits per heavy atom. The quantitative estimate of drug-likeness (QED) is 0.736. The van der Waals surface area contributed by atoms with Gasteiger partial charge < -0.3 is 24.8 Å².